The molecular weight excluding hydrogens is 381 g/mol. The smallest absolute Gasteiger partial charge is 0.406 e. The van der Waals surface area contributed by atoms with Crippen LogP contribution in [0.5, 0.6) is 5.75 Å². The van der Waals surface area contributed by atoms with E-state index in [2.05, 4.69) is 10.1 Å². The van der Waals surface area contributed by atoms with E-state index < -0.39 is 6.36 Å². The van der Waals surface area contributed by atoms with Gasteiger partial charge < -0.3 is 15.8 Å². The lowest BCUT2D eigenvalue weighted by Crippen LogP contribution is -2.49. The highest BCUT2D eigenvalue weighted by Crippen LogP contribution is 2.41. The predicted molar refractivity (Wildman–Crippen MR) is 98.6 cm³/mol. The van der Waals surface area contributed by atoms with Crippen LogP contribution in [0, 0.1) is 17.8 Å². The summed E-state index contributed by atoms with van der Waals surface area (Å²) in [5.41, 5.74) is 6.68. The maximum Gasteiger partial charge on any atom is 0.573 e. The zero-order valence-corrected chi connectivity index (χ0v) is 15.8. The van der Waals surface area contributed by atoms with E-state index in [4.69, 9.17) is 5.73 Å². The molecule has 2 aliphatic rings. The van der Waals surface area contributed by atoms with E-state index in [9.17, 15) is 18.0 Å². The summed E-state index contributed by atoms with van der Waals surface area (Å²) in [6.45, 7) is 0.287. The lowest BCUT2D eigenvalue weighted by molar-refractivity contribution is -0.274. The fraction of sp³-hybridized carbons (Fsp3) is 0.632. The monoisotopic (exact) mass is 406 g/mol. The standard InChI is InChI=1S/C19H25F3N2O2.ClH/c20-19(21,22)26-16-7-2-1-4-12(16)8-9-24-18(25)15-10-13-5-3-6-14(11-15)17(13)23;/h1-2,4,7,13-15,17H,3,5-6,8-11,23H2,(H,24,25);1H. The third kappa shape index (κ3) is 5.75. The average Bonchev–Trinajstić information content (AvgIpc) is 2.54. The van der Waals surface area contributed by atoms with Crippen molar-refractivity contribution in [2.75, 3.05) is 6.54 Å². The van der Waals surface area contributed by atoms with Gasteiger partial charge in [0.05, 0.1) is 0 Å². The van der Waals surface area contributed by atoms with Gasteiger partial charge in [-0.25, -0.2) is 0 Å². The van der Waals surface area contributed by atoms with Gasteiger partial charge in [-0.1, -0.05) is 24.6 Å². The van der Waals surface area contributed by atoms with Crippen LogP contribution in [0.25, 0.3) is 0 Å². The topological polar surface area (TPSA) is 64.4 Å². The number of alkyl halides is 3. The van der Waals surface area contributed by atoms with Crippen molar-refractivity contribution >= 4 is 18.3 Å². The fourth-order valence-electron chi connectivity index (χ4n) is 4.40. The molecule has 1 amide bonds. The first-order valence-electron chi connectivity index (χ1n) is 9.20. The highest BCUT2D eigenvalue weighted by molar-refractivity contribution is 5.85. The molecule has 2 bridgehead atoms. The molecule has 3 N–H and O–H groups in total. The molecule has 27 heavy (non-hydrogen) atoms. The molecule has 2 unspecified atom stereocenters. The summed E-state index contributed by atoms with van der Waals surface area (Å²) in [5.74, 6) is 0.570. The quantitative estimate of drug-likeness (QED) is 0.781. The molecule has 1 aromatic rings. The van der Waals surface area contributed by atoms with Crippen molar-refractivity contribution in [2.24, 2.45) is 23.5 Å². The number of nitrogens with two attached hydrogens (primary N) is 1. The lowest BCUT2D eigenvalue weighted by Gasteiger charge is -2.43. The Bertz CT molecular complexity index is 628. The molecule has 0 heterocycles. The number of fused-ring (bicyclic) bond motifs is 2. The number of ether oxygens (including phenoxy) is 1. The van der Waals surface area contributed by atoms with Crippen LogP contribution in [0.4, 0.5) is 13.2 Å². The van der Waals surface area contributed by atoms with E-state index in [1.807, 2.05) is 0 Å². The molecular formula is C19H26ClF3N2O2. The zero-order chi connectivity index (χ0) is 18.7. The van der Waals surface area contributed by atoms with Crippen molar-refractivity contribution in [1.29, 1.82) is 0 Å². The molecule has 4 nitrogen and oxygen atoms in total. The molecule has 1 aromatic carbocycles. The highest BCUT2D eigenvalue weighted by atomic mass is 35.5. The minimum atomic E-state index is -4.72. The van der Waals surface area contributed by atoms with Gasteiger partial charge in [-0.3, -0.25) is 4.79 Å². The second kappa shape index (κ2) is 9.15. The molecule has 0 aromatic heterocycles. The maximum atomic E-state index is 12.5. The molecule has 0 spiro atoms. The summed E-state index contributed by atoms with van der Waals surface area (Å²) in [4.78, 5) is 12.5. The number of nitrogens with one attached hydrogen (secondary N) is 1. The Morgan fingerprint density at radius 1 is 1.19 bits per heavy atom. The number of carbonyl (C=O) groups excluding carboxylic acids is 1. The van der Waals surface area contributed by atoms with Gasteiger partial charge in [-0.15, -0.1) is 25.6 Å². The van der Waals surface area contributed by atoms with Crippen molar-refractivity contribution in [1.82, 2.24) is 5.32 Å². The van der Waals surface area contributed by atoms with Gasteiger partial charge in [0.1, 0.15) is 5.75 Å². The summed E-state index contributed by atoms with van der Waals surface area (Å²) in [5, 5.41) is 2.88. The molecule has 2 fully saturated rings. The van der Waals surface area contributed by atoms with Crippen LogP contribution >= 0.6 is 12.4 Å². The largest absolute Gasteiger partial charge is 0.573 e. The molecule has 0 aliphatic heterocycles. The Balaban J connectivity index is 0.00000261. The fourth-order valence-corrected chi connectivity index (χ4v) is 4.40. The third-order valence-corrected chi connectivity index (χ3v) is 5.68. The van der Waals surface area contributed by atoms with Crippen molar-refractivity contribution in [3.05, 3.63) is 29.8 Å². The third-order valence-electron chi connectivity index (χ3n) is 5.68. The number of hydrogen-bond donors (Lipinski definition) is 2. The number of amides is 1. The summed E-state index contributed by atoms with van der Waals surface area (Å²) < 4.78 is 41.4. The molecule has 0 radical (unpaired) electrons. The minimum Gasteiger partial charge on any atom is -0.406 e. The normalized spacial score (nSPS) is 27.4. The average molecular weight is 407 g/mol. The maximum absolute atomic E-state index is 12.5. The van der Waals surface area contributed by atoms with Gasteiger partial charge >= 0.3 is 6.36 Å². The highest BCUT2D eigenvalue weighted by Gasteiger charge is 2.40. The Morgan fingerprint density at radius 2 is 1.81 bits per heavy atom. The first kappa shape index (κ1) is 21.8. The van der Waals surface area contributed by atoms with Gasteiger partial charge in [0.25, 0.3) is 0 Å². The Hall–Kier alpha value is -1.47. The van der Waals surface area contributed by atoms with Gasteiger partial charge in [0.2, 0.25) is 5.91 Å². The number of benzene rings is 1. The Kier molecular flexibility index (Phi) is 7.40. The first-order chi connectivity index (χ1) is 12.3. The van der Waals surface area contributed by atoms with Gasteiger partial charge in [0, 0.05) is 18.5 Å². The minimum absolute atomic E-state index is 0. The number of halogens is 4. The van der Waals surface area contributed by atoms with Crippen LogP contribution in [0.15, 0.2) is 24.3 Å². The zero-order valence-electron chi connectivity index (χ0n) is 15.0. The Labute approximate surface area is 163 Å². The van der Waals surface area contributed by atoms with Crippen molar-refractivity contribution < 1.29 is 22.7 Å². The summed E-state index contributed by atoms with van der Waals surface area (Å²) in [6, 6.07) is 6.22. The molecule has 2 atom stereocenters. The summed E-state index contributed by atoms with van der Waals surface area (Å²) in [7, 11) is 0. The molecule has 8 heteroatoms. The lowest BCUT2D eigenvalue weighted by atomic mass is 9.65. The predicted octanol–water partition coefficient (Wildman–Crippen LogP) is 3.82. The number of carbonyl (C=O) groups is 1. The van der Waals surface area contributed by atoms with Crippen molar-refractivity contribution in [2.45, 2.75) is 50.9 Å². The van der Waals surface area contributed by atoms with Crippen LogP contribution in [-0.2, 0) is 11.2 Å². The second-order valence-electron chi connectivity index (χ2n) is 7.39. The number of para-hydroxylation sites is 1. The van der Waals surface area contributed by atoms with Crippen molar-refractivity contribution in [3.63, 3.8) is 0 Å². The molecule has 0 saturated heterocycles. The van der Waals surface area contributed by atoms with Crippen molar-refractivity contribution in [3.8, 4) is 5.75 Å². The molecule has 3 rings (SSSR count). The molecule has 2 saturated carbocycles. The second-order valence-corrected chi connectivity index (χ2v) is 7.39. The van der Waals surface area contributed by atoms with Crippen LogP contribution in [0.2, 0.25) is 0 Å². The van der Waals surface area contributed by atoms with E-state index in [0.29, 0.717) is 17.4 Å². The van der Waals surface area contributed by atoms with E-state index in [1.165, 1.54) is 18.6 Å². The van der Waals surface area contributed by atoms with Crippen LogP contribution in [0.3, 0.4) is 0 Å². The summed E-state index contributed by atoms with van der Waals surface area (Å²) >= 11 is 0. The molecule has 152 valence electrons. The van der Waals surface area contributed by atoms with E-state index >= 15 is 0 Å². The van der Waals surface area contributed by atoms with Gasteiger partial charge in [0.15, 0.2) is 0 Å². The Morgan fingerprint density at radius 3 is 2.44 bits per heavy atom. The summed E-state index contributed by atoms with van der Waals surface area (Å²) in [6.07, 6.45) is 0.560. The van der Waals surface area contributed by atoms with Gasteiger partial charge in [-0.05, 0) is 55.6 Å². The van der Waals surface area contributed by atoms with Crippen LogP contribution in [0.1, 0.15) is 37.7 Å². The number of hydrogen-bond acceptors (Lipinski definition) is 3. The first-order valence-corrected chi connectivity index (χ1v) is 9.20. The van der Waals surface area contributed by atoms with E-state index in [-0.39, 0.29) is 49.0 Å². The van der Waals surface area contributed by atoms with Gasteiger partial charge in [-0.2, -0.15) is 0 Å². The van der Waals surface area contributed by atoms with E-state index in [1.54, 1.807) is 12.1 Å². The van der Waals surface area contributed by atoms with Crippen LogP contribution < -0.4 is 15.8 Å². The molecule has 2 aliphatic carbocycles. The van der Waals surface area contributed by atoms with Crippen LogP contribution in [-0.4, -0.2) is 24.9 Å². The number of rotatable bonds is 5. The SMILES string of the molecule is Cl.NC1C2CCCC1CC(C(=O)NCCc1ccccc1OC(F)(F)F)C2. The van der Waals surface area contributed by atoms with E-state index in [0.717, 1.165) is 25.7 Å².